The molecule has 2 heteroatoms. The van der Waals surface area contributed by atoms with Crippen LogP contribution >= 0.6 is 0 Å². The number of nitrogens with two attached hydrogens (primary N) is 1. The number of aryl methyl sites for hydroxylation is 1. The van der Waals surface area contributed by atoms with E-state index in [-0.39, 0.29) is 0 Å². The molecule has 0 amide bonds. The molecule has 3 N–H and O–H groups in total. The van der Waals surface area contributed by atoms with Crippen LogP contribution in [0.5, 0.6) is 5.75 Å². The van der Waals surface area contributed by atoms with Crippen molar-refractivity contribution in [2.75, 3.05) is 6.54 Å². The van der Waals surface area contributed by atoms with Crippen LogP contribution < -0.4 is 5.73 Å². The number of phenolic OH excluding ortho intramolecular Hbond substituents is 1. The molecule has 0 heterocycles. The summed E-state index contributed by atoms with van der Waals surface area (Å²) in [4.78, 5) is 0. The third-order valence-electron chi connectivity index (χ3n) is 1.58. The van der Waals surface area contributed by atoms with E-state index in [1.54, 1.807) is 12.1 Å². The normalized spacial score (nSPS) is 8.85. The summed E-state index contributed by atoms with van der Waals surface area (Å²) in [6.07, 6.45) is 1.92. The molecule has 0 radical (unpaired) electrons. The van der Waals surface area contributed by atoms with Crippen LogP contribution in [0.2, 0.25) is 0 Å². The molecule has 0 bridgehead atoms. The summed E-state index contributed by atoms with van der Waals surface area (Å²) in [7, 11) is 0. The summed E-state index contributed by atoms with van der Waals surface area (Å²) in [6, 6.07) is 7.29. The number of benzene rings is 1. The highest BCUT2D eigenvalue weighted by Gasteiger charge is 1.92. The first-order valence-electron chi connectivity index (χ1n) is 4.81. The monoisotopic (exact) mass is 181 g/mol. The Labute approximate surface area is 80.4 Å². The molecule has 0 unspecified atom stereocenters. The van der Waals surface area contributed by atoms with Crippen molar-refractivity contribution in [2.24, 2.45) is 5.73 Å². The van der Waals surface area contributed by atoms with Gasteiger partial charge < -0.3 is 10.8 Å². The molecule has 0 aliphatic heterocycles. The van der Waals surface area contributed by atoms with Crippen molar-refractivity contribution < 1.29 is 5.11 Å². The van der Waals surface area contributed by atoms with E-state index in [0.717, 1.165) is 18.4 Å². The standard InChI is InChI=1S/C9H13NO.C2H6/c10-6-2-4-8-3-1-5-9(11)7-8;1-2/h1,3,5,7,11H,2,4,6,10H2;1-2H3. The molecule has 1 rings (SSSR count). The molecule has 1 aromatic rings. The van der Waals surface area contributed by atoms with Crippen LogP contribution in [0, 0.1) is 0 Å². The number of hydrogen-bond donors (Lipinski definition) is 2. The lowest BCUT2D eigenvalue weighted by Gasteiger charge is -1.99. The Morgan fingerprint density at radius 1 is 1.31 bits per heavy atom. The van der Waals surface area contributed by atoms with Crippen LogP contribution in [-0.2, 0) is 6.42 Å². The van der Waals surface area contributed by atoms with E-state index in [1.165, 1.54) is 0 Å². The van der Waals surface area contributed by atoms with E-state index in [4.69, 9.17) is 10.8 Å². The van der Waals surface area contributed by atoms with Gasteiger partial charge in [0.1, 0.15) is 5.75 Å². The summed E-state index contributed by atoms with van der Waals surface area (Å²) in [5.41, 5.74) is 6.50. The van der Waals surface area contributed by atoms with Gasteiger partial charge in [-0.3, -0.25) is 0 Å². The van der Waals surface area contributed by atoms with Crippen molar-refractivity contribution in [1.29, 1.82) is 0 Å². The molecule has 74 valence electrons. The van der Waals surface area contributed by atoms with Crippen molar-refractivity contribution in [3.05, 3.63) is 29.8 Å². The van der Waals surface area contributed by atoms with Gasteiger partial charge in [0, 0.05) is 0 Å². The molecule has 0 aliphatic carbocycles. The second-order valence-electron chi connectivity index (χ2n) is 2.56. The molecule has 0 fully saturated rings. The maximum Gasteiger partial charge on any atom is 0.115 e. The van der Waals surface area contributed by atoms with Crippen molar-refractivity contribution in [1.82, 2.24) is 0 Å². The van der Waals surface area contributed by atoms with Gasteiger partial charge in [-0.15, -0.1) is 0 Å². The molecule has 2 nitrogen and oxygen atoms in total. The number of aromatic hydroxyl groups is 1. The minimum atomic E-state index is 0.333. The summed E-state index contributed by atoms with van der Waals surface area (Å²) >= 11 is 0. The van der Waals surface area contributed by atoms with Crippen molar-refractivity contribution in [2.45, 2.75) is 26.7 Å². The molecular weight excluding hydrogens is 162 g/mol. The highest BCUT2D eigenvalue weighted by Crippen LogP contribution is 2.11. The second-order valence-corrected chi connectivity index (χ2v) is 2.56. The van der Waals surface area contributed by atoms with Gasteiger partial charge in [0.2, 0.25) is 0 Å². The van der Waals surface area contributed by atoms with Gasteiger partial charge in [-0.1, -0.05) is 26.0 Å². The van der Waals surface area contributed by atoms with Crippen LogP contribution in [0.3, 0.4) is 0 Å². The first kappa shape index (κ1) is 12.0. The van der Waals surface area contributed by atoms with Crippen molar-refractivity contribution >= 4 is 0 Å². The Morgan fingerprint density at radius 3 is 2.54 bits per heavy atom. The highest BCUT2D eigenvalue weighted by molar-refractivity contribution is 5.27. The Hall–Kier alpha value is -1.02. The van der Waals surface area contributed by atoms with Crippen LogP contribution in [0.4, 0.5) is 0 Å². The molecule has 0 saturated carbocycles. The van der Waals surface area contributed by atoms with Crippen LogP contribution in [-0.4, -0.2) is 11.7 Å². The molecule has 13 heavy (non-hydrogen) atoms. The van der Waals surface area contributed by atoms with Gasteiger partial charge in [0.25, 0.3) is 0 Å². The van der Waals surface area contributed by atoms with E-state index in [0.29, 0.717) is 12.3 Å². The molecule has 0 saturated heterocycles. The Kier molecular flexibility index (Phi) is 7.02. The largest absolute Gasteiger partial charge is 0.508 e. The molecule has 1 aromatic carbocycles. The quantitative estimate of drug-likeness (QED) is 0.751. The zero-order valence-corrected chi connectivity index (χ0v) is 8.46. The van der Waals surface area contributed by atoms with Gasteiger partial charge in [0.05, 0.1) is 0 Å². The molecule has 0 atom stereocenters. The Balaban J connectivity index is 0.000000671. The maximum atomic E-state index is 9.08. The van der Waals surface area contributed by atoms with E-state index < -0.39 is 0 Å². The minimum absolute atomic E-state index is 0.333. The second kappa shape index (κ2) is 7.62. The Morgan fingerprint density at radius 2 is 2.00 bits per heavy atom. The third kappa shape index (κ3) is 5.26. The predicted molar refractivity (Wildman–Crippen MR) is 56.8 cm³/mol. The first-order chi connectivity index (χ1) is 6.33. The fourth-order valence-corrected chi connectivity index (χ4v) is 1.02. The smallest absolute Gasteiger partial charge is 0.115 e. The number of phenols is 1. The fourth-order valence-electron chi connectivity index (χ4n) is 1.02. The van der Waals surface area contributed by atoms with Crippen molar-refractivity contribution in [3.63, 3.8) is 0 Å². The molecule has 0 spiro atoms. The van der Waals surface area contributed by atoms with Crippen LogP contribution in [0.15, 0.2) is 24.3 Å². The summed E-state index contributed by atoms with van der Waals surface area (Å²) in [6.45, 7) is 4.70. The summed E-state index contributed by atoms with van der Waals surface area (Å²) in [5, 5.41) is 9.08. The van der Waals surface area contributed by atoms with Crippen LogP contribution in [0.25, 0.3) is 0 Å². The highest BCUT2D eigenvalue weighted by atomic mass is 16.3. The third-order valence-corrected chi connectivity index (χ3v) is 1.58. The van der Waals surface area contributed by atoms with Gasteiger partial charge in [-0.05, 0) is 37.1 Å². The molecule has 0 aliphatic rings. The van der Waals surface area contributed by atoms with Gasteiger partial charge in [0.15, 0.2) is 0 Å². The van der Waals surface area contributed by atoms with E-state index in [1.807, 2.05) is 26.0 Å². The lowest BCUT2D eigenvalue weighted by Crippen LogP contribution is -1.99. The number of rotatable bonds is 3. The average Bonchev–Trinajstić information content (AvgIpc) is 2.18. The minimum Gasteiger partial charge on any atom is -0.508 e. The lowest BCUT2D eigenvalue weighted by molar-refractivity contribution is 0.474. The average molecular weight is 181 g/mol. The topological polar surface area (TPSA) is 46.2 Å². The zero-order valence-electron chi connectivity index (χ0n) is 8.46. The zero-order chi connectivity index (χ0) is 10.1. The number of hydrogen-bond acceptors (Lipinski definition) is 2. The lowest BCUT2D eigenvalue weighted by atomic mass is 10.1. The Bertz CT molecular complexity index is 223. The van der Waals surface area contributed by atoms with E-state index >= 15 is 0 Å². The molecule has 0 aromatic heterocycles. The predicted octanol–water partition coefficient (Wildman–Crippen LogP) is 2.31. The van der Waals surface area contributed by atoms with Crippen LogP contribution in [0.1, 0.15) is 25.8 Å². The molecular formula is C11H19NO. The fraction of sp³-hybridized carbons (Fsp3) is 0.455. The van der Waals surface area contributed by atoms with Gasteiger partial charge in [-0.25, -0.2) is 0 Å². The van der Waals surface area contributed by atoms with Crippen molar-refractivity contribution in [3.8, 4) is 5.75 Å². The van der Waals surface area contributed by atoms with E-state index in [2.05, 4.69) is 0 Å². The first-order valence-corrected chi connectivity index (χ1v) is 4.81. The van der Waals surface area contributed by atoms with Gasteiger partial charge >= 0.3 is 0 Å². The summed E-state index contributed by atoms with van der Waals surface area (Å²) in [5.74, 6) is 0.333. The SMILES string of the molecule is CC.NCCCc1cccc(O)c1. The van der Waals surface area contributed by atoms with Gasteiger partial charge in [-0.2, -0.15) is 0 Å². The summed E-state index contributed by atoms with van der Waals surface area (Å²) < 4.78 is 0. The maximum absolute atomic E-state index is 9.08. The van der Waals surface area contributed by atoms with E-state index in [9.17, 15) is 0 Å².